The molecule has 0 saturated carbocycles. The summed E-state index contributed by atoms with van der Waals surface area (Å²) in [6, 6.07) is 11.6. The van der Waals surface area contributed by atoms with E-state index in [1.807, 2.05) is 0 Å². The van der Waals surface area contributed by atoms with Crippen LogP contribution in [0.5, 0.6) is 0 Å². The second-order valence-corrected chi connectivity index (χ2v) is 10.5. The maximum absolute atomic E-state index is 12.9. The molecule has 3 rings (SSSR count). The number of sulfone groups is 2. The number of rotatable bonds is 2. The maximum atomic E-state index is 12.9. The minimum Gasteiger partial charge on any atom is -0.359 e. The number of hydrogen-bond acceptors (Lipinski definition) is 4. The first-order valence-corrected chi connectivity index (χ1v) is 11.1. The van der Waals surface area contributed by atoms with E-state index in [-0.39, 0.29) is 9.79 Å². The molecule has 0 aliphatic heterocycles. The van der Waals surface area contributed by atoms with Gasteiger partial charge in [-0.15, -0.1) is 4.79 Å². The Labute approximate surface area is 153 Å². The topological polar surface area (TPSA) is 105 Å². The lowest BCUT2D eigenvalue weighted by atomic mass is 9.97. The highest BCUT2D eigenvalue weighted by Crippen LogP contribution is 2.38. The molecule has 8 heteroatoms. The average Bonchev–Trinajstić information content (AvgIpc) is 2.89. The summed E-state index contributed by atoms with van der Waals surface area (Å²) in [4.78, 5) is 2.21. The van der Waals surface area contributed by atoms with Gasteiger partial charge in [0.2, 0.25) is 0 Å². The summed E-state index contributed by atoms with van der Waals surface area (Å²) in [7, 11) is -8.98. The van der Waals surface area contributed by atoms with Crippen LogP contribution >= 0.6 is 0 Å². The van der Waals surface area contributed by atoms with E-state index in [1.54, 1.807) is 12.1 Å². The van der Waals surface area contributed by atoms with Gasteiger partial charge < -0.3 is 5.53 Å². The van der Waals surface area contributed by atoms with Crippen molar-refractivity contribution in [1.82, 2.24) is 0 Å². The van der Waals surface area contributed by atoms with E-state index in [4.69, 9.17) is 0 Å². The molecule has 136 valence electrons. The summed E-state index contributed by atoms with van der Waals surface area (Å²) in [6.07, 6.45) is 0.719. The van der Waals surface area contributed by atoms with E-state index >= 15 is 0 Å². The van der Waals surface area contributed by atoms with Gasteiger partial charge in [-0.2, -0.15) is 0 Å². The molecule has 0 N–H and O–H groups in total. The molecule has 0 bridgehead atoms. The van der Waals surface area contributed by atoms with Gasteiger partial charge in [-0.3, -0.25) is 0 Å². The van der Waals surface area contributed by atoms with Gasteiger partial charge in [-0.25, -0.2) is 16.8 Å². The third-order valence-corrected chi connectivity index (χ3v) is 9.07. The Morgan fingerprint density at radius 1 is 0.962 bits per heavy atom. The SMILES string of the molecule is CC1Cc2cc(S(=O)(=O)C(=[N+]=[N-])S(=O)(=O)c3ccccc3)ccc2C1C. The molecule has 1 aliphatic rings. The first-order valence-electron chi connectivity index (χ1n) is 8.09. The van der Waals surface area contributed by atoms with Gasteiger partial charge in [-0.05, 0) is 53.6 Å². The summed E-state index contributed by atoms with van der Waals surface area (Å²) >= 11 is 0. The standard InChI is InChI=1S/C18H18N2O4S2/c1-12-10-14-11-16(8-9-17(14)13(12)2)26(23,24)18(20-19)25(21,22)15-6-4-3-5-7-15/h3-9,11-13H,10H2,1-2H3. The Balaban J connectivity index is 2.11. The molecule has 2 unspecified atom stereocenters. The van der Waals surface area contributed by atoms with E-state index < -0.39 is 24.1 Å². The number of benzene rings is 2. The van der Waals surface area contributed by atoms with Crippen LogP contribution in [0.15, 0.2) is 58.3 Å². The lowest BCUT2D eigenvalue weighted by molar-refractivity contribution is 0.00380. The van der Waals surface area contributed by atoms with E-state index in [2.05, 4.69) is 18.6 Å². The van der Waals surface area contributed by atoms with Crippen LogP contribution in [0.1, 0.15) is 30.9 Å². The third-order valence-electron chi connectivity index (χ3n) is 4.91. The van der Waals surface area contributed by atoms with Crippen molar-refractivity contribution in [3.8, 4) is 0 Å². The van der Waals surface area contributed by atoms with E-state index in [9.17, 15) is 22.4 Å². The molecular weight excluding hydrogens is 372 g/mol. The van der Waals surface area contributed by atoms with Crippen molar-refractivity contribution in [1.29, 1.82) is 0 Å². The molecule has 0 spiro atoms. The third kappa shape index (κ3) is 2.90. The van der Waals surface area contributed by atoms with Gasteiger partial charge in [-0.1, -0.05) is 38.1 Å². The fourth-order valence-corrected chi connectivity index (χ4v) is 6.66. The molecule has 0 fully saturated rings. The highest BCUT2D eigenvalue weighted by molar-refractivity contribution is 8.31. The quantitative estimate of drug-likeness (QED) is 0.340. The Kier molecular flexibility index (Phi) is 4.60. The normalized spacial score (nSPS) is 19.6. The molecule has 1 aliphatic carbocycles. The lowest BCUT2D eigenvalue weighted by Gasteiger charge is -2.09. The molecule has 0 amide bonds. The summed E-state index contributed by atoms with van der Waals surface area (Å²) in [6.45, 7) is 4.16. The largest absolute Gasteiger partial charge is 0.504 e. The average molecular weight is 390 g/mol. The summed E-state index contributed by atoms with van der Waals surface area (Å²) in [5, 5.41) is 0. The van der Waals surface area contributed by atoms with Crippen LogP contribution in [0.4, 0.5) is 0 Å². The molecule has 6 nitrogen and oxygen atoms in total. The smallest absolute Gasteiger partial charge is 0.359 e. The summed E-state index contributed by atoms with van der Waals surface area (Å²) in [5.74, 6) is 0.683. The molecule has 2 atom stereocenters. The molecule has 2 aromatic rings. The van der Waals surface area contributed by atoms with Gasteiger partial charge >= 0.3 is 4.38 Å². The van der Waals surface area contributed by atoms with Gasteiger partial charge in [0.1, 0.15) is 0 Å². The van der Waals surface area contributed by atoms with Crippen molar-refractivity contribution in [2.45, 2.75) is 36.0 Å². The second-order valence-electron chi connectivity index (χ2n) is 6.52. The second kappa shape index (κ2) is 6.46. The van der Waals surface area contributed by atoms with Crippen molar-refractivity contribution in [2.24, 2.45) is 5.92 Å². The van der Waals surface area contributed by atoms with Crippen molar-refractivity contribution >= 4 is 24.1 Å². The van der Waals surface area contributed by atoms with Crippen LogP contribution in [-0.2, 0) is 26.1 Å². The first kappa shape index (κ1) is 18.5. The lowest BCUT2D eigenvalue weighted by Crippen LogP contribution is -2.26. The van der Waals surface area contributed by atoms with E-state index in [0.29, 0.717) is 11.8 Å². The van der Waals surface area contributed by atoms with Gasteiger partial charge in [0.25, 0.3) is 19.7 Å². The van der Waals surface area contributed by atoms with Crippen LogP contribution in [0.2, 0.25) is 0 Å². The van der Waals surface area contributed by atoms with E-state index in [1.165, 1.54) is 36.4 Å². The zero-order chi connectivity index (χ0) is 19.1. The van der Waals surface area contributed by atoms with Gasteiger partial charge in [0.15, 0.2) is 0 Å². The van der Waals surface area contributed by atoms with Crippen molar-refractivity contribution in [3.63, 3.8) is 0 Å². The van der Waals surface area contributed by atoms with Crippen molar-refractivity contribution < 1.29 is 21.6 Å². The fraction of sp³-hybridized carbons (Fsp3) is 0.278. The molecule has 26 heavy (non-hydrogen) atoms. The number of fused-ring (bicyclic) bond motifs is 1. The van der Waals surface area contributed by atoms with Crippen LogP contribution in [0, 0.1) is 5.92 Å². The minimum absolute atomic E-state index is 0.190. The fourth-order valence-electron chi connectivity index (χ4n) is 3.25. The molecular formula is C18H18N2O4S2. The predicted octanol–water partition coefficient (Wildman–Crippen LogP) is 2.82. The Bertz CT molecular complexity index is 1120. The van der Waals surface area contributed by atoms with Gasteiger partial charge in [0.05, 0.1) is 9.79 Å². The highest BCUT2D eigenvalue weighted by atomic mass is 32.3. The Hall–Kier alpha value is -2.28. The monoisotopic (exact) mass is 390 g/mol. The van der Waals surface area contributed by atoms with Crippen LogP contribution in [0.25, 0.3) is 5.53 Å². The minimum atomic E-state index is -4.50. The Morgan fingerprint density at radius 3 is 2.19 bits per heavy atom. The van der Waals surface area contributed by atoms with Crippen LogP contribution < -0.4 is 0 Å². The molecule has 0 saturated heterocycles. The van der Waals surface area contributed by atoms with Crippen LogP contribution in [-0.4, -0.2) is 26.0 Å². The highest BCUT2D eigenvalue weighted by Gasteiger charge is 2.44. The Morgan fingerprint density at radius 2 is 1.58 bits per heavy atom. The first-order chi connectivity index (χ1) is 12.2. The van der Waals surface area contributed by atoms with E-state index in [0.717, 1.165) is 17.5 Å². The van der Waals surface area contributed by atoms with Gasteiger partial charge in [0, 0.05) is 0 Å². The number of hydrogen-bond donors (Lipinski definition) is 0. The zero-order valence-electron chi connectivity index (χ0n) is 14.3. The van der Waals surface area contributed by atoms with Crippen LogP contribution in [0.3, 0.4) is 0 Å². The summed E-state index contributed by atoms with van der Waals surface area (Å²) in [5.41, 5.74) is 11.2. The molecule has 0 radical (unpaired) electrons. The predicted molar refractivity (Wildman–Crippen MR) is 97.2 cm³/mol. The zero-order valence-corrected chi connectivity index (χ0v) is 16.0. The van der Waals surface area contributed by atoms with Crippen molar-refractivity contribution in [2.75, 3.05) is 0 Å². The molecule has 0 heterocycles. The molecule has 0 aromatic heterocycles. The maximum Gasteiger partial charge on any atom is 0.504 e. The molecule has 2 aromatic carbocycles. The summed E-state index contributed by atoms with van der Waals surface area (Å²) < 4.78 is 49.8. The van der Waals surface area contributed by atoms with Crippen molar-refractivity contribution in [3.05, 3.63) is 65.2 Å². The number of nitrogens with zero attached hydrogens (tertiary/aromatic N) is 2.